The topological polar surface area (TPSA) is 80.8 Å². The van der Waals surface area contributed by atoms with Crippen LogP contribution in [-0.4, -0.2) is 20.3 Å². The Hall–Kier alpha value is -3.07. The third-order valence-corrected chi connectivity index (χ3v) is 7.98. The zero-order valence-electron chi connectivity index (χ0n) is 18.6. The molecule has 0 aliphatic heterocycles. The fourth-order valence-electron chi connectivity index (χ4n) is 3.25. The maximum Gasteiger partial charge on any atom is 0.343 e. The van der Waals surface area contributed by atoms with Gasteiger partial charge in [0.2, 0.25) is 0 Å². The lowest BCUT2D eigenvalue weighted by Gasteiger charge is -2.23. The van der Waals surface area contributed by atoms with Gasteiger partial charge in [0.05, 0.1) is 16.3 Å². The van der Waals surface area contributed by atoms with Crippen molar-refractivity contribution >= 4 is 74.0 Å². The number of hydrogen-bond acceptors (Lipinski definition) is 5. The molecule has 0 N–H and O–H groups in total. The third-order valence-electron chi connectivity index (χ3n) is 5.05. The van der Waals surface area contributed by atoms with Gasteiger partial charge in [-0.25, -0.2) is 13.2 Å². The van der Waals surface area contributed by atoms with E-state index in [1.54, 1.807) is 12.1 Å². The minimum Gasteiger partial charge on any atom is -0.423 e. The molecule has 0 saturated heterocycles. The highest BCUT2D eigenvalue weighted by atomic mass is 35.5. The van der Waals surface area contributed by atoms with Crippen LogP contribution in [0, 0.1) is 0 Å². The number of rotatable bonds is 6. The lowest BCUT2D eigenvalue weighted by molar-refractivity contribution is 0.0734. The first-order chi connectivity index (χ1) is 17.6. The number of nitrogens with zero attached hydrogens (tertiary/aromatic N) is 1. The highest BCUT2D eigenvalue weighted by Gasteiger charge is 2.33. The molecule has 0 atom stereocenters. The molecule has 37 heavy (non-hydrogen) atoms. The number of esters is 1. The summed E-state index contributed by atoms with van der Waals surface area (Å²) >= 11 is 24.0. The van der Waals surface area contributed by atoms with Gasteiger partial charge in [0, 0.05) is 20.6 Å². The second-order valence-electron chi connectivity index (χ2n) is 7.55. The molecule has 4 aromatic carbocycles. The van der Waals surface area contributed by atoms with Gasteiger partial charge < -0.3 is 4.74 Å². The van der Waals surface area contributed by atoms with E-state index in [2.05, 4.69) is 0 Å². The molecule has 0 aliphatic carbocycles. The lowest BCUT2D eigenvalue weighted by Crippen LogP contribution is -2.37. The van der Waals surface area contributed by atoms with Crippen molar-refractivity contribution in [3.05, 3.63) is 122 Å². The normalized spacial score (nSPS) is 11.1. The van der Waals surface area contributed by atoms with Gasteiger partial charge in [0.1, 0.15) is 10.6 Å². The van der Waals surface area contributed by atoms with Crippen LogP contribution in [0.15, 0.2) is 95.9 Å². The SMILES string of the molecule is O=C(Oc1ccc(N(C(=O)c2ccc(Cl)cc2)S(=O)(=O)c2cc(Cl)ccc2Cl)cc1)c1ccc(Cl)cc1. The molecule has 0 saturated carbocycles. The van der Waals surface area contributed by atoms with Crippen molar-refractivity contribution in [2.75, 3.05) is 4.31 Å². The fraction of sp³-hybridized carbons (Fsp3) is 0. The summed E-state index contributed by atoms with van der Waals surface area (Å²) in [7, 11) is -4.53. The summed E-state index contributed by atoms with van der Waals surface area (Å²) in [6.45, 7) is 0. The van der Waals surface area contributed by atoms with Crippen LogP contribution >= 0.6 is 46.4 Å². The summed E-state index contributed by atoms with van der Waals surface area (Å²) in [6.07, 6.45) is 0. The number of sulfonamides is 1. The summed E-state index contributed by atoms with van der Waals surface area (Å²) in [5.74, 6) is -1.38. The van der Waals surface area contributed by atoms with Crippen molar-refractivity contribution in [2.24, 2.45) is 0 Å². The minimum absolute atomic E-state index is 0.0257. The van der Waals surface area contributed by atoms with Crippen LogP contribution in [0.3, 0.4) is 0 Å². The molecular weight excluding hydrogens is 580 g/mol. The van der Waals surface area contributed by atoms with E-state index in [1.807, 2.05) is 0 Å². The number of hydrogen-bond donors (Lipinski definition) is 0. The van der Waals surface area contributed by atoms with Crippen molar-refractivity contribution in [3.8, 4) is 5.75 Å². The first kappa shape index (κ1) is 27.0. The van der Waals surface area contributed by atoms with Crippen LogP contribution in [0.4, 0.5) is 5.69 Å². The van der Waals surface area contributed by atoms with Gasteiger partial charge >= 0.3 is 5.97 Å². The molecule has 188 valence electrons. The van der Waals surface area contributed by atoms with Crippen molar-refractivity contribution in [1.29, 1.82) is 0 Å². The van der Waals surface area contributed by atoms with Crippen molar-refractivity contribution in [1.82, 2.24) is 0 Å². The first-order valence-electron chi connectivity index (χ1n) is 10.4. The molecular formula is C26H15Cl4NO5S. The van der Waals surface area contributed by atoms with Gasteiger partial charge in [-0.05, 0) is 91.0 Å². The summed E-state index contributed by atoms with van der Waals surface area (Å²) < 4.78 is 33.4. The number of halogens is 4. The molecule has 6 nitrogen and oxygen atoms in total. The molecule has 0 spiro atoms. The lowest BCUT2D eigenvalue weighted by atomic mass is 10.2. The molecule has 1 amide bonds. The first-order valence-corrected chi connectivity index (χ1v) is 13.4. The van der Waals surface area contributed by atoms with Gasteiger partial charge in [0.25, 0.3) is 15.9 Å². The number of amides is 1. The highest BCUT2D eigenvalue weighted by Crippen LogP contribution is 2.33. The molecule has 0 bridgehead atoms. The Labute approximate surface area is 233 Å². The zero-order valence-corrected chi connectivity index (χ0v) is 22.4. The van der Waals surface area contributed by atoms with Crippen molar-refractivity contribution in [2.45, 2.75) is 4.90 Å². The van der Waals surface area contributed by atoms with E-state index in [0.717, 1.165) is 6.07 Å². The maximum atomic E-state index is 13.7. The van der Waals surface area contributed by atoms with E-state index in [-0.39, 0.29) is 37.5 Å². The third kappa shape index (κ3) is 6.09. The van der Waals surface area contributed by atoms with Gasteiger partial charge in [0.15, 0.2) is 0 Å². The Kier molecular flexibility index (Phi) is 8.11. The van der Waals surface area contributed by atoms with Crippen LogP contribution < -0.4 is 9.04 Å². The summed E-state index contributed by atoms with van der Waals surface area (Å²) in [5.41, 5.74) is 0.304. The fourth-order valence-corrected chi connectivity index (χ4v) is 5.66. The molecule has 4 aromatic rings. The number of ether oxygens (including phenoxy) is 1. The predicted octanol–water partition coefficient (Wildman–Crippen LogP) is 7.56. The van der Waals surface area contributed by atoms with E-state index < -0.39 is 21.9 Å². The van der Waals surface area contributed by atoms with Gasteiger partial charge in [-0.15, -0.1) is 0 Å². The van der Waals surface area contributed by atoms with E-state index >= 15 is 0 Å². The largest absolute Gasteiger partial charge is 0.423 e. The zero-order chi connectivity index (χ0) is 26.7. The van der Waals surface area contributed by atoms with Crippen molar-refractivity contribution in [3.63, 3.8) is 0 Å². The van der Waals surface area contributed by atoms with E-state index in [0.29, 0.717) is 14.4 Å². The molecule has 0 aromatic heterocycles. The minimum atomic E-state index is -4.53. The molecule has 0 unspecified atom stereocenters. The molecule has 4 rings (SSSR count). The molecule has 0 heterocycles. The molecule has 0 aliphatic rings. The van der Waals surface area contributed by atoms with Gasteiger partial charge in [-0.3, -0.25) is 4.79 Å². The molecule has 0 fully saturated rings. The van der Waals surface area contributed by atoms with Crippen LogP contribution in [0.2, 0.25) is 20.1 Å². The van der Waals surface area contributed by atoms with E-state index in [1.165, 1.54) is 72.8 Å². The van der Waals surface area contributed by atoms with Crippen LogP contribution in [0.5, 0.6) is 5.75 Å². The summed E-state index contributed by atoms with van der Waals surface area (Å²) in [5, 5.41) is 0.834. The predicted molar refractivity (Wildman–Crippen MR) is 145 cm³/mol. The van der Waals surface area contributed by atoms with Crippen LogP contribution in [0.25, 0.3) is 0 Å². The average molecular weight is 595 g/mol. The summed E-state index contributed by atoms with van der Waals surface area (Å²) in [4.78, 5) is 25.5. The molecule has 11 heteroatoms. The van der Waals surface area contributed by atoms with Crippen LogP contribution in [0.1, 0.15) is 20.7 Å². The Morgan fingerprint density at radius 2 is 1.16 bits per heavy atom. The average Bonchev–Trinajstić information content (AvgIpc) is 2.87. The van der Waals surface area contributed by atoms with Gasteiger partial charge in [-0.2, -0.15) is 4.31 Å². The Balaban J connectivity index is 1.72. The number of benzene rings is 4. The van der Waals surface area contributed by atoms with Crippen LogP contribution in [-0.2, 0) is 10.0 Å². The number of carbonyl (C=O) groups excluding carboxylic acids is 2. The highest BCUT2D eigenvalue weighted by molar-refractivity contribution is 7.93. The Bertz CT molecular complexity index is 1570. The number of anilines is 1. The summed E-state index contributed by atoms with van der Waals surface area (Å²) in [6, 6.07) is 21.1. The molecule has 0 radical (unpaired) electrons. The second kappa shape index (κ2) is 11.1. The van der Waals surface area contributed by atoms with E-state index in [9.17, 15) is 18.0 Å². The monoisotopic (exact) mass is 593 g/mol. The second-order valence-corrected chi connectivity index (χ2v) is 11.0. The van der Waals surface area contributed by atoms with E-state index in [4.69, 9.17) is 51.1 Å². The number of carbonyl (C=O) groups is 2. The maximum absolute atomic E-state index is 13.7. The Morgan fingerprint density at radius 3 is 1.73 bits per heavy atom. The standard InChI is InChI=1S/C26H15Cl4NO5S/c27-18-5-1-16(2-6-18)25(32)31(37(34,35)24-15-20(29)9-14-23(24)30)21-10-12-22(13-11-21)36-26(33)17-3-7-19(28)8-4-17/h1-15H. The quantitative estimate of drug-likeness (QED) is 0.170. The van der Waals surface area contributed by atoms with Gasteiger partial charge in [-0.1, -0.05) is 46.4 Å². The Morgan fingerprint density at radius 1 is 0.649 bits per heavy atom. The van der Waals surface area contributed by atoms with Crippen molar-refractivity contribution < 1.29 is 22.7 Å². The smallest absolute Gasteiger partial charge is 0.343 e.